The number of aryl methyl sites for hydroxylation is 2. The third kappa shape index (κ3) is 46.9. The lowest BCUT2D eigenvalue weighted by molar-refractivity contribution is 0.140. The molecule has 7 rings (SSSR count). The molecule has 3 N–H and O–H groups in total. The van der Waals surface area contributed by atoms with E-state index < -0.39 is 12.1 Å². The topological polar surface area (TPSA) is 101 Å². The number of ether oxygens (including phenoxy) is 5. The largest absolute Gasteiger partial charge is 0.489 e. The van der Waals surface area contributed by atoms with Crippen molar-refractivity contribution in [2.45, 2.75) is 470 Å². The summed E-state index contributed by atoms with van der Waals surface area (Å²) >= 11 is 0. The number of hydrogen-bond donors (Lipinski definition) is 2. The molecule has 123 heavy (non-hydrogen) atoms. The Morgan fingerprint density at radius 1 is 0.276 bits per heavy atom. The van der Waals surface area contributed by atoms with Crippen LogP contribution in [0.1, 0.15) is 501 Å². The molecule has 0 aliphatic heterocycles. The van der Waals surface area contributed by atoms with Crippen molar-refractivity contribution in [1.82, 2.24) is 5.32 Å². The van der Waals surface area contributed by atoms with Crippen LogP contribution in [0.2, 0.25) is 0 Å². The van der Waals surface area contributed by atoms with Crippen LogP contribution in [-0.4, -0.2) is 39.1 Å². The molecule has 8 nitrogen and oxygen atoms in total. The van der Waals surface area contributed by atoms with Crippen molar-refractivity contribution in [3.05, 3.63) is 178 Å². The number of nitrogens with one attached hydrogen (secondary N) is 1. The second-order valence-electron chi connectivity index (χ2n) is 37.1. The van der Waals surface area contributed by atoms with Crippen LogP contribution in [0.5, 0.6) is 23.0 Å². The van der Waals surface area contributed by atoms with Gasteiger partial charge in [-0.05, 0) is 84.0 Å². The third-order valence-electron chi connectivity index (χ3n) is 26.2. The number of amides is 1. The molecular weight excluding hydrogens is 1510 g/mol. The molecule has 6 aromatic rings. The van der Waals surface area contributed by atoms with Crippen LogP contribution in [-0.2, 0) is 4.74 Å². The number of nitrogens with two attached hydrogens (primary N) is 1. The fourth-order valence-electron chi connectivity index (χ4n) is 18.4. The number of carbonyl (C=O) groups excluding carboxylic acids is 1. The van der Waals surface area contributed by atoms with E-state index in [9.17, 15) is 4.79 Å². The first-order valence-electron chi connectivity index (χ1n) is 52.6. The molecule has 1 aliphatic carbocycles. The summed E-state index contributed by atoms with van der Waals surface area (Å²) in [6.07, 6.45) is 86.5. The van der Waals surface area contributed by atoms with Crippen molar-refractivity contribution in [2.75, 3.05) is 33.0 Å². The molecule has 0 spiro atoms. The Morgan fingerprint density at radius 2 is 0.512 bits per heavy atom. The molecule has 0 aromatic heterocycles. The first-order chi connectivity index (χ1) is 60.8. The Labute approximate surface area is 756 Å². The number of rotatable bonds is 79. The fourth-order valence-corrected chi connectivity index (χ4v) is 18.4. The van der Waals surface area contributed by atoms with E-state index in [0.717, 1.165) is 95.1 Å². The molecule has 8 heteroatoms. The standard InChI is InChI=1S/C65H97NO4.C50H87NO2/c1-4-6-8-10-12-14-16-18-20-22-24-26-28-30-32-41-51-68-63-54(3)49-50-60(64(63)69-52-42-33-31-29-27-25-23-21-19-17-15-13-11-9-7-5-2)62(55-43-35-34-36-44-55)66-65(67)70-53-61-58-47-39-37-45-56(58)57-46-38-40-48-59(57)61;1-4-6-8-10-12-14-16-18-20-22-24-26-28-30-32-37-43-52-49-45(3)41-42-47(48(51)46-39-35-34-36-40-46)50(49)53-44-38-33-31-29-27-25-23-21-19-17-15-13-11-9-7-5-2/h34-40,43-50,61-62H,4-33,41-42,51-53H2,1-3H3,(H,66,67);34-36,39-42,48H,4-33,37-38,43-44,51H2,1-3H3. The maximum absolute atomic E-state index is 14.0. The normalized spacial score (nSPS) is 12.3. The van der Waals surface area contributed by atoms with Crippen LogP contribution in [0.15, 0.2) is 133 Å². The average molecular weight is 1690 g/mol. The second-order valence-corrected chi connectivity index (χ2v) is 37.1. The SMILES string of the molecule is CCCCCCCCCCCCCCCCCCOc1c(C)ccc(C(N)c2ccccc2)c1OCCCCCCCCCCCCCCCCCC.CCCCCCCCCCCCCCCCCCOc1c(C)ccc(C(NC(=O)OCC2c3ccccc3-c3ccccc32)c2ccccc2)c1OCCCCCCCCCCCCCCCCCC. The first kappa shape index (κ1) is 106. The summed E-state index contributed by atoms with van der Waals surface area (Å²) in [6.45, 7) is 16.4. The number of carbonyl (C=O) groups is 1. The van der Waals surface area contributed by atoms with Crippen molar-refractivity contribution in [1.29, 1.82) is 0 Å². The van der Waals surface area contributed by atoms with E-state index in [1.807, 2.05) is 24.3 Å². The summed E-state index contributed by atoms with van der Waals surface area (Å²) in [6, 6.07) is 45.4. The van der Waals surface area contributed by atoms with E-state index >= 15 is 0 Å². The summed E-state index contributed by atoms with van der Waals surface area (Å²) in [5.41, 5.74) is 17.9. The molecule has 0 saturated heterocycles. The second kappa shape index (κ2) is 72.7. The fraction of sp³-hybridized carbons (Fsp3) is 0.678. The van der Waals surface area contributed by atoms with Gasteiger partial charge in [-0.2, -0.15) is 0 Å². The molecule has 0 heterocycles. The van der Waals surface area contributed by atoms with Gasteiger partial charge in [-0.1, -0.05) is 546 Å². The summed E-state index contributed by atoms with van der Waals surface area (Å²) in [7, 11) is 0. The molecule has 0 saturated carbocycles. The summed E-state index contributed by atoms with van der Waals surface area (Å²) in [5.74, 6) is 3.27. The van der Waals surface area contributed by atoms with Gasteiger partial charge in [-0.15, -0.1) is 0 Å². The molecular formula is C115H184N2O6. The molecule has 1 amide bonds. The molecule has 0 bridgehead atoms. The van der Waals surface area contributed by atoms with E-state index in [0.29, 0.717) is 19.8 Å². The minimum Gasteiger partial charge on any atom is -0.489 e. The van der Waals surface area contributed by atoms with Crippen LogP contribution < -0.4 is 30.0 Å². The summed E-state index contributed by atoms with van der Waals surface area (Å²) in [4.78, 5) is 14.0. The van der Waals surface area contributed by atoms with Gasteiger partial charge in [0.2, 0.25) is 0 Å². The van der Waals surface area contributed by atoms with Gasteiger partial charge in [-0.25, -0.2) is 4.79 Å². The molecule has 0 fully saturated rings. The number of fused-ring (bicyclic) bond motifs is 3. The van der Waals surface area contributed by atoms with Crippen LogP contribution in [0.3, 0.4) is 0 Å². The number of alkyl carbamates (subject to hydrolysis) is 1. The predicted octanol–water partition coefficient (Wildman–Crippen LogP) is 36.2. The average Bonchev–Trinajstić information content (AvgIpc) is 1.63. The van der Waals surface area contributed by atoms with Gasteiger partial charge in [0.15, 0.2) is 23.0 Å². The minimum absolute atomic E-state index is 0.0177. The van der Waals surface area contributed by atoms with Crippen LogP contribution in [0.25, 0.3) is 11.1 Å². The Hall–Kier alpha value is -6.25. The van der Waals surface area contributed by atoms with Crippen molar-refractivity contribution in [3.63, 3.8) is 0 Å². The van der Waals surface area contributed by atoms with E-state index in [-0.39, 0.29) is 18.6 Å². The van der Waals surface area contributed by atoms with Gasteiger partial charge in [0.05, 0.1) is 38.5 Å². The minimum atomic E-state index is -0.490. The zero-order valence-corrected chi connectivity index (χ0v) is 80.3. The lowest BCUT2D eigenvalue weighted by Crippen LogP contribution is -2.31. The van der Waals surface area contributed by atoms with E-state index in [1.54, 1.807) is 0 Å². The molecule has 2 unspecified atom stereocenters. The summed E-state index contributed by atoms with van der Waals surface area (Å²) in [5, 5.41) is 3.30. The highest BCUT2D eigenvalue weighted by molar-refractivity contribution is 5.79. The van der Waals surface area contributed by atoms with Gasteiger partial charge >= 0.3 is 6.09 Å². The van der Waals surface area contributed by atoms with Crippen molar-refractivity contribution < 1.29 is 28.5 Å². The van der Waals surface area contributed by atoms with E-state index in [1.165, 1.54) is 401 Å². The number of unbranched alkanes of at least 4 members (excludes halogenated alkanes) is 60. The smallest absolute Gasteiger partial charge is 0.407 e. The molecule has 2 atom stereocenters. The Morgan fingerprint density at radius 3 is 0.805 bits per heavy atom. The maximum atomic E-state index is 14.0. The van der Waals surface area contributed by atoms with Gasteiger partial charge in [0.1, 0.15) is 6.61 Å². The lowest BCUT2D eigenvalue weighted by atomic mass is 9.96. The zero-order valence-electron chi connectivity index (χ0n) is 80.3. The van der Waals surface area contributed by atoms with Gasteiger partial charge in [-0.3, -0.25) is 0 Å². The molecule has 0 radical (unpaired) electrons. The lowest BCUT2D eigenvalue weighted by Gasteiger charge is -2.25. The van der Waals surface area contributed by atoms with Crippen molar-refractivity contribution in [2.24, 2.45) is 5.73 Å². The molecule has 690 valence electrons. The molecule has 6 aromatic carbocycles. The Kier molecular flexibility index (Phi) is 62.4. The Balaban J connectivity index is 0.000000396. The highest BCUT2D eigenvalue weighted by Gasteiger charge is 2.31. The van der Waals surface area contributed by atoms with Crippen molar-refractivity contribution in [3.8, 4) is 34.1 Å². The van der Waals surface area contributed by atoms with Gasteiger partial charge in [0, 0.05) is 17.0 Å². The van der Waals surface area contributed by atoms with Crippen LogP contribution >= 0.6 is 0 Å². The van der Waals surface area contributed by atoms with E-state index in [4.69, 9.17) is 29.4 Å². The summed E-state index contributed by atoms with van der Waals surface area (Å²) < 4.78 is 32.8. The monoisotopic (exact) mass is 1690 g/mol. The molecule has 1 aliphatic rings. The predicted molar refractivity (Wildman–Crippen MR) is 531 cm³/mol. The maximum Gasteiger partial charge on any atom is 0.407 e. The van der Waals surface area contributed by atoms with Gasteiger partial charge < -0.3 is 34.7 Å². The van der Waals surface area contributed by atoms with Crippen LogP contribution in [0.4, 0.5) is 4.79 Å². The number of hydrogen-bond acceptors (Lipinski definition) is 7. The highest BCUT2D eigenvalue weighted by atomic mass is 16.5. The Bertz CT molecular complexity index is 3410. The van der Waals surface area contributed by atoms with E-state index in [2.05, 4.69) is 156 Å². The quantitative estimate of drug-likeness (QED) is 0.0367. The third-order valence-corrected chi connectivity index (χ3v) is 26.2. The van der Waals surface area contributed by atoms with Gasteiger partial charge in [0.25, 0.3) is 0 Å². The number of benzene rings is 6. The zero-order chi connectivity index (χ0) is 87.0. The van der Waals surface area contributed by atoms with Crippen molar-refractivity contribution >= 4 is 6.09 Å². The first-order valence-corrected chi connectivity index (χ1v) is 52.6. The van der Waals surface area contributed by atoms with Crippen LogP contribution in [0, 0.1) is 13.8 Å². The highest BCUT2D eigenvalue weighted by Crippen LogP contribution is 2.46.